The van der Waals surface area contributed by atoms with E-state index in [0.29, 0.717) is 15.9 Å². The summed E-state index contributed by atoms with van der Waals surface area (Å²) in [5, 5.41) is 2.88. The number of halogens is 3. The first-order valence-corrected chi connectivity index (χ1v) is 15.3. The highest BCUT2D eigenvalue weighted by molar-refractivity contribution is 7.92. The van der Waals surface area contributed by atoms with Crippen molar-refractivity contribution in [3.8, 4) is 0 Å². The van der Waals surface area contributed by atoms with Crippen LogP contribution in [0.1, 0.15) is 56.4 Å². The van der Waals surface area contributed by atoms with Gasteiger partial charge in [0.15, 0.2) is 0 Å². The van der Waals surface area contributed by atoms with E-state index in [9.17, 15) is 31.2 Å². The Kier molecular flexibility index (Phi) is 10.3. The Balaban J connectivity index is 2.13. The van der Waals surface area contributed by atoms with E-state index >= 15 is 0 Å². The molecule has 0 aliphatic carbocycles. The highest BCUT2D eigenvalue weighted by atomic mass is 32.2. The lowest BCUT2D eigenvalue weighted by molar-refractivity contribution is -0.141. The quantitative estimate of drug-likeness (QED) is 0.292. The third-order valence-electron chi connectivity index (χ3n) is 6.71. The molecule has 1 N–H and O–H groups in total. The molecule has 2 amide bonds. The number of anilines is 1. The number of aryl methyl sites for hydroxylation is 2. The molecule has 7 nitrogen and oxygen atoms in total. The van der Waals surface area contributed by atoms with Crippen LogP contribution in [0.25, 0.3) is 0 Å². The van der Waals surface area contributed by atoms with Crippen LogP contribution in [0.4, 0.5) is 18.9 Å². The second-order valence-corrected chi connectivity index (χ2v) is 13.4. The normalized spacial score (nSPS) is 12.9. The van der Waals surface area contributed by atoms with Crippen molar-refractivity contribution >= 4 is 27.5 Å². The molecule has 3 rings (SSSR count). The Morgan fingerprint density at radius 2 is 1.44 bits per heavy atom. The molecule has 0 fully saturated rings. The predicted molar refractivity (Wildman–Crippen MR) is 161 cm³/mol. The fourth-order valence-electron chi connectivity index (χ4n) is 4.47. The van der Waals surface area contributed by atoms with Crippen molar-refractivity contribution in [1.29, 1.82) is 0 Å². The molecule has 0 heterocycles. The fraction of sp³-hybridized carbons (Fsp3) is 0.375. The number of hydrogen-bond acceptors (Lipinski definition) is 4. The number of benzene rings is 3. The molecule has 0 spiro atoms. The van der Waals surface area contributed by atoms with E-state index in [1.54, 1.807) is 58.9 Å². The highest BCUT2D eigenvalue weighted by Crippen LogP contribution is 2.33. The van der Waals surface area contributed by atoms with Gasteiger partial charge in [-0.05, 0) is 76.9 Å². The summed E-state index contributed by atoms with van der Waals surface area (Å²) in [6, 6.07) is 16.0. The zero-order valence-electron chi connectivity index (χ0n) is 25.2. The molecular weight excluding hydrogens is 579 g/mol. The van der Waals surface area contributed by atoms with Crippen molar-refractivity contribution in [2.75, 3.05) is 10.8 Å². The molecule has 0 radical (unpaired) electrons. The van der Waals surface area contributed by atoms with Crippen molar-refractivity contribution < 1.29 is 31.2 Å². The maximum absolute atomic E-state index is 14.1. The average molecular weight is 618 g/mol. The van der Waals surface area contributed by atoms with Crippen molar-refractivity contribution in [2.24, 2.45) is 0 Å². The van der Waals surface area contributed by atoms with Crippen LogP contribution in [0.5, 0.6) is 0 Å². The standard InChI is InChI=1S/C32H38F3N3O4S/c1-7-28(30(40)36-31(4,5)6)37(20-24-15-11-22(2)12-16-24)29(39)21-38(26-10-8-9-25(19-26)32(33,34)35)43(41,42)27-17-13-23(3)14-18-27/h8-19,28H,7,20-21H2,1-6H3,(H,36,40)/t28-/m1/s1. The number of alkyl halides is 3. The number of carbonyl (C=O) groups is 2. The monoisotopic (exact) mass is 617 g/mol. The van der Waals surface area contributed by atoms with Gasteiger partial charge in [-0.2, -0.15) is 13.2 Å². The molecule has 0 saturated carbocycles. The molecule has 3 aromatic rings. The molecular formula is C32H38F3N3O4S. The number of nitrogens with zero attached hydrogens (tertiary/aromatic N) is 2. The summed E-state index contributed by atoms with van der Waals surface area (Å²) in [7, 11) is -4.50. The lowest BCUT2D eigenvalue weighted by Crippen LogP contribution is -2.55. The molecule has 1 atom stereocenters. The first-order chi connectivity index (χ1) is 19.9. The lowest BCUT2D eigenvalue weighted by atomic mass is 10.1. The molecule has 232 valence electrons. The van der Waals surface area contributed by atoms with Crippen LogP contribution in [-0.4, -0.2) is 43.3 Å². The largest absolute Gasteiger partial charge is 0.416 e. The van der Waals surface area contributed by atoms with Gasteiger partial charge in [0.2, 0.25) is 11.8 Å². The summed E-state index contributed by atoms with van der Waals surface area (Å²) >= 11 is 0. The van der Waals surface area contributed by atoms with Gasteiger partial charge in [-0.3, -0.25) is 13.9 Å². The van der Waals surface area contributed by atoms with Gasteiger partial charge in [0.25, 0.3) is 10.0 Å². The smallest absolute Gasteiger partial charge is 0.350 e. The minimum atomic E-state index is -4.74. The van der Waals surface area contributed by atoms with Crippen LogP contribution >= 0.6 is 0 Å². The second kappa shape index (κ2) is 13.2. The van der Waals surface area contributed by atoms with Crippen LogP contribution in [-0.2, 0) is 32.3 Å². The third-order valence-corrected chi connectivity index (χ3v) is 8.50. The van der Waals surface area contributed by atoms with Gasteiger partial charge in [0, 0.05) is 12.1 Å². The number of hydrogen-bond donors (Lipinski definition) is 1. The molecule has 0 saturated heterocycles. The van der Waals surface area contributed by atoms with E-state index in [2.05, 4.69) is 5.32 Å². The minimum Gasteiger partial charge on any atom is -0.350 e. The maximum Gasteiger partial charge on any atom is 0.416 e. The van der Waals surface area contributed by atoms with Gasteiger partial charge in [0.05, 0.1) is 16.1 Å². The highest BCUT2D eigenvalue weighted by Gasteiger charge is 2.36. The molecule has 0 aliphatic rings. The van der Waals surface area contributed by atoms with Gasteiger partial charge < -0.3 is 10.2 Å². The molecule has 0 aliphatic heterocycles. The SMILES string of the molecule is CC[C@H](C(=O)NC(C)(C)C)N(Cc1ccc(C)cc1)C(=O)CN(c1cccc(C(F)(F)F)c1)S(=O)(=O)c1ccc(C)cc1. The maximum atomic E-state index is 14.1. The van der Waals surface area contributed by atoms with Gasteiger partial charge >= 0.3 is 6.18 Å². The van der Waals surface area contributed by atoms with Gasteiger partial charge in [-0.25, -0.2) is 8.42 Å². The van der Waals surface area contributed by atoms with Gasteiger partial charge in [-0.1, -0.05) is 60.5 Å². The Hall–Kier alpha value is -3.86. The fourth-order valence-corrected chi connectivity index (χ4v) is 5.87. The number of nitrogens with one attached hydrogen (secondary N) is 1. The van der Waals surface area contributed by atoms with Gasteiger partial charge in [-0.15, -0.1) is 0 Å². The predicted octanol–water partition coefficient (Wildman–Crippen LogP) is 6.24. The summed E-state index contributed by atoms with van der Waals surface area (Å²) in [6.45, 7) is 9.95. The number of sulfonamides is 1. The zero-order valence-corrected chi connectivity index (χ0v) is 26.0. The minimum absolute atomic E-state index is 0.0177. The summed E-state index contributed by atoms with van der Waals surface area (Å²) in [6.07, 6.45) is -4.52. The van der Waals surface area contributed by atoms with Crippen molar-refractivity contribution in [2.45, 2.75) is 77.2 Å². The van der Waals surface area contributed by atoms with Gasteiger partial charge in [0.1, 0.15) is 12.6 Å². The lowest BCUT2D eigenvalue weighted by Gasteiger charge is -2.35. The Morgan fingerprint density at radius 3 is 1.95 bits per heavy atom. The van der Waals surface area contributed by atoms with E-state index in [1.165, 1.54) is 23.1 Å². The first kappa shape index (κ1) is 33.6. The van der Waals surface area contributed by atoms with E-state index in [1.807, 2.05) is 19.1 Å². The van der Waals surface area contributed by atoms with Crippen LogP contribution < -0.4 is 9.62 Å². The third kappa shape index (κ3) is 8.82. The molecule has 3 aromatic carbocycles. The van der Waals surface area contributed by atoms with E-state index in [-0.39, 0.29) is 23.5 Å². The summed E-state index contributed by atoms with van der Waals surface area (Å²) in [4.78, 5) is 28.6. The average Bonchev–Trinajstić information content (AvgIpc) is 2.91. The molecule has 0 aromatic heterocycles. The molecule has 0 unspecified atom stereocenters. The van der Waals surface area contributed by atoms with Crippen LogP contribution in [0.15, 0.2) is 77.7 Å². The van der Waals surface area contributed by atoms with Crippen LogP contribution in [0.2, 0.25) is 0 Å². The Morgan fingerprint density at radius 1 is 0.884 bits per heavy atom. The van der Waals surface area contributed by atoms with E-state index < -0.39 is 51.7 Å². The van der Waals surface area contributed by atoms with Crippen molar-refractivity contribution in [3.05, 3.63) is 95.1 Å². The van der Waals surface area contributed by atoms with Crippen LogP contribution in [0.3, 0.4) is 0 Å². The molecule has 11 heteroatoms. The topological polar surface area (TPSA) is 86.8 Å². The first-order valence-electron chi connectivity index (χ1n) is 13.9. The van der Waals surface area contributed by atoms with Crippen molar-refractivity contribution in [3.63, 3.8) is 0 Å². The van der Waals surface area contributed by atoms with Crippen molar-refractivity contribution in [1.82, 2.24) is 10.2 Å². The van der Waals surface area contributed by atoms with E-state index in [4.69, 9.17) is 0 Å². The summed E-state index contributed by atoms with van der Waals surface area (Å²) < 4.78 is 69.4. The zero-order chi connectivity index (χ0) is 32.2. The molecule has 43 heavy (non-hydrogen) atoms. The summed E-state index contributed by atoms with van der Waals surface area (Å²) in [5.41, 5.74) is 0.468. The van der Waals surface area contributed by atoms with Crippen LogP contribution in [0, 0.1) is 13.8 Å². The Labute approximate surface area is 251 Å². The number of carbonyl (C=O) groups excluding carboxylic acids is 2. The Bertz CT molecular complexity index is 1530. The second-order valence-electron chi connectivity index (χ2n) is 11.5. The number of amides is 2. The van der Waals surface area contributed by atoms with E-state index in [0.717, 1.165) is 23.3 Å². The molecule has 0 bridgehead atoms. The number of rotatable bonds is 10. The summed E-state index contributed by atoms with van der Waals surface area (Å²) in [5.74, 6) is -1.17.